The van der Waals surface area contributed by atoms with Gasteiger partial charge in [0, 0.05) is 18.5 Å². The van der Waals surface area contributed by atoms with Gasteiger partial charge in [-0.15, -0.1) is 19.0 Å². The standard InChI is InChI=1S/C17H23N3O2.ClH/c1-2-10-19-17(22)14-8-3-4-9-15(14)20-16(21)12-6-5-7-13(18)11-12;/h2-4,8-9,12-13H,1,5-7,10-11,18H2,(H,19,22)(H,20,21);1H. The Kier molecular flexibility index (Phi) is 7.78. The SMILES string of the molecule is C=CCNC(=O)c1ccccc1NC(=O)C1CCCC(N)C1.Cl. The van der Waals surface area contributed by atoms with Crippen molar-refractivity contribution >= 4 is 29.9 Å². The summed E-state index contributed by atoms with van der Waals surface area (Å²) in [6.07, 6.45) is 5.12. The Morgan fingerprint density at radius 2 is 2.04 bits per heavy atom. The Labute approximate surface area is 143 Å². The average Bonchev–Trinajstić information content (AvgIpc) is 2.53. The van der Waals surface area contributed by atoms with Gasteiger partial charge in [-0.3, -0.25) is 9.59 Å². The number of carbonyl (C=O) groups is 2. The normalized spacial score (nSPS) is 20.0. The van der Waals surface area contributed by atoms with Crippen molar-refractivity contribution in [3.05, 3.63) is 42.5 Å². The Morgan fingerprint density at radius 3 is 2.74 bits per heavy atom. The molecule has 23 heavy (non-hydrogen) atoms. The monoisotopic (exact) mass is 337 g/mol. The van der Waals surface area contributed by atoms with Gasteiger partial charge >= 0.3 is 0 Å². The van der Waals surface area contributed by atoms with Crippen molar-refractivity contribution in [1.29, 1.82) is 0 Å². The van der Waals surface area contributed by atoms with E-state index in [9.17, 15) is 9.59 Å². The third-order valence-corrected chi connectivity index (χ3v) is 3.92. The van der Waals surface area contributed by atoms with Crippen LogP contribution in [0.25, 0.3) is 0 Å². The van der Waals surface area contributed by atoms with Crippen LogP contribution >= 0.6 is 12.4 Å². The zero-order valence-electron chi connectivity index (χ0n) is 13.1. The number of hydrogen-bond acceptors (Lipinski definition) is 3. The molecule has 0 bridgehead atoms. The van der Waals surface area contributed by atoms with Crippen molar-refractivity contribution < 1.29 is 9.59 Å². The van der Waals surface area contributed by atoms with Gasteiger partial charge in [0.05, 0.1) is 11.3 Å². The van der Waals surface area contributed by atoms with Crippen LogP contribution in [0.4, 0.5) is 5.69 Å². The molecular weight excluding hydrogens is 314 g/mol. The number of benzene rings is 1. The first-order chi connectivity index (χ1) is 10.6. The quantitative estimate of drug-likeness (QED) is 0.722. The van der Waals surface area contributed by atoms with Crippen molar-refractivity contribution in [3.8, 4) is 0 Å². The smallest absolute Gasteiger partial charge is 0.253 e. The van der Waals surface area contributed by atoms with Crippen molar-refractivity contribution in [2.75, 3.05) is 11.9 Å². The Hall–Kier alpha value is -1.85. The minimum absolute atomic E-state index is 0. The highest BCUT2D eigenvalue weighted by molar-refractivity contribution is 6.04. The summed E-state index contributed by atoms with van der Waals surface area (Å²) < 4.78 is 0. The van der Waals surface area contributed by atoms with E-state index < -0.39 is 0 Å². The second kappa shape index (κ2) is 9.33. The molecule has 2 rings (SSSR count). The predicted octanol–water partition coefficient (Wildman–Crippen LogP) is 2.48. The average molecular weight is 338 g/mol. The van der Waals surface area contributed by atoms with Crippen LogP contribution in [0.2, 0.25) is 0 Å². The van der Waals surface area contributed by atoms with Gasteiger partial charge in [-0.1, -0.05) is 24.6 Å². The van der Waals surface area contributed by atoms with Crippen LogP contribution in [0.15, 0.2) is 36.9 Å². The first kappa shape index (κ1) is 19.2. The number of anilines is 1. The second-order valence-electron chi connectivity index (χ2n) is 5.66. The third-order valence-electron chi connectivity index (χ3n) is 3.92. The van der Waals surface area contributed by atoms with Gasteiger partial charge in [-0.05, 0) is 31.4 Å². The molecule has 1 aliphatic carbocycles. The lowest BCUT2D eigenvalue weighted by molar-refractivity contribution is -0.120. The second-order valence-corrected chi connectivity index (χ2v) is 5.66. The van der Waals surface area contributed by atoms with E-state index in [1.54, 1.807) is 30.3 Å². The molecule has 0 heterocycles. The van der Waals surface area contributed by atoms with Crippen LogP contribution in [0.5, 0.6) is 0 Å². The molecule has 0 aliphatic heterocycles. The van der Waals surface area contributed by atoms with Crippen LogP contribution in [0.1, 0.15) is 36.0 Å². The van der Waals surface area contributed by atoms with Gasteiger partial charge in [0.25, 0.3) is 5.91 Å². The molecule has 4 N–H and O–H groups in total. The maximum atomic E-state index is 12.4. The topological polar surface area (TPSA) is 84.2 Å². The molecule has 2 amide bonds. The van der Waals surface area contributed by atoms with E-state index in [1.165, 1.54) is 0 Å². The molecule has 0 spiro atoms. The largest absolute Gasteiger partial charge is 0.349 e. The van der Waals surface area contributed by atoms with Gasteiger partial charge in [0.1, 0.15) is 0 Å². The van der Waals surface area contributed by atoms with Crippen LogP contribution in [0, 0.1) is 5.92 Å². The predicted molar refractivity (Wildman–Crippen MR) is 94.8 cm³/mol. The fourth-order valence-corrected chi connectivity index (χ4v) is 2.75. The fraction of sp³-hybridized carbons (Fsp3) is 0.412. The summed E-state index contributed by atoms with van der Waals surface area (Å²) in [7, 11) is 0. The van der Waals surface area contributed by atoms with Gasteiger partial charge in [0.15, 0.2) is 0 Å². The molecule has 0 aromatic heterocycles. The minimum atomic E-state index is -0.226. The summed E-state index contributed by atoms with van der Waals surface area (Å²) in [5.74, 6) is -0.358. The number of para-hydroxylation sites is 1. The summed E-state index contributed by atoms with van der Waals surface area (Å²) in [5.41, 5.74) is 6.93. The van der Waals surface area contributed by atoms with E-state index in [0.29, 0.717) is 24.2 Å². The van der Waals surface area contributed by atoms with Crippen molar-refractivity contribution in [1.82, 2.24) is 5.32 Å². The summed E-state index contributed by atoms with van der Waals surface area (Å²) in [5, 5.41) is 5.60. The third kappa shape index (κ3) is 5.37. The van der Waals surface area contributed by atoms with E-state index >= 15 is 0 Å². The lowest BCUT2D eigenvalue weighted by Gasteiger charge is -2.26. The van der Waals surface area contributed by atoms with Crippen LogP contribution in [-0.4, -0.2) is 24.4 Å². The maximum Gasteiger partial charge on any atom is 0.253 e. The highest BCUT2D eigenvalue weighted by atomic mass is 35.5. The van der Waals surface area contributed by atoms with Gasteiger partial charge in [-0.25, -0.2) is 0 Å². The minimum Gasteiger partial charge on any atom is -0.349 e. The number of halogens is 1. The summed E-state index contributed by atoms with van der Waals surface area (Å²) in [6, 6.07) is 7.10. The van der Waals surface area contributed by atoms with E-state index in [0.717, 1.165) is 19.3 Å². The Morgan fingerprint density at radius 1 is 1.30 bits per heavy atom. The Bertz CT molecular complexity index is 563. The summed E-state index contributed by atoms with van der Waals surface area (Å²) in [6.45, 7) is 3.96. The number of carbonyl (C=O) groups excluding carboxylic acids is 2. The Balaban J connectivity index is 0.00000264. The summed E-state index contributed by atoms with van der Waals surface area (Å²) in [4.78, 5) is 24.5. The number of rotatable bonds is 5. The van der Waals surface area contributed by atoms with Crippen molar-refractivity contribution in [3.63, 3.8) is 0 Å². The van der Waals surface area contributed by atoms with Gasteiger partial charge < -0.3 is 16.4 Å². The first-order valence-corrected chi connectivity index (χ1v) is 7.66. The highest BCUT2D eigenvalue weighted by Crippen LogP contribution is 2.25. The molecule has 2 unspecified atom stereocenters. The van der Waals surface area contributed by atoms with Gasteiger partial charge in [-0.2, -0.15) is 0 Å². The highest BCUT2D eigenvalue weighted by Gasteiger charge is 2.26. The molecule has 0 radical (unpaired) electrons. The molecule has 6 heteroatoms. The zero-order chi connectivity index (χ0) is 15.9. The van der Waals surface area contributed by atoms with Gasteiger partial charge in [0.2, 0.25) is 5.91 Å². The molecule has 5 nitrogen and oxygen atoms in total. The molecule has 2 atom stereocenters. The first-order valence-electron chi connectivity index (χ1n) is 7.66. The molecule has 1 aromatic rings. The van der Waals surface area contributed by atoms with Crippen molar-refractivity contribution in [2.45, 2.75) is 31.7 Å². The number of amides is 2. The molecule has 0 saturated heterocycles. The molecular formula is C17H24ClN3O2. The number of nitrogens with one attached hydrogen (secondary N) is 2. The van der Waals surface area contributed by atoms with E-state index in [-0.39, 0.29) is 36.2 Å². The maximum absolute atomic E-state index is 12.4. The molecule has 126 valence electrons. The van der Waals surface area contributed by atoms with Crippen molar-refractivity contribution in [2.24, 2.45) is 11.7 Å². The zero-order valence-corrected chi connectivity index (χ0v) is 13.9. The fourth-order valence-electron chi connectivity index (χ4n) is 2.75. The van der Waals surface area contributed by atoms with E-state index in [1.807, 2.05) is 0 Å². The molecule has 1 aromatic carbocycles. The van der Waals surface area contributed by atoms with E-state index in [4.69, 9.17) is 5.73 Å². The lowest BCUT2D eigenvalue weighted by Crippen LogP contribution is -2.34. The molecule has 1 saturated carbocycles. The number of hydrogen-bond donors (Lipinski definition) is 3. The van der Waals surface area contributed by atoms with Crippen LogP contribution in [0.3, 0.4) is 0 Å². The van der Waals surface area contributed by atoms with Crippen LogP contribution < -0.4 is 16.4 Å². The number of nitrogens with two attached hydrogens (primary N) is 1. The molecule has 1 fully saturated rings. The van der Waals surface area contributed by atoms with Crippen LogP contribution in [-0.2, 0) is 4.79 Å². The van der Waals surface area contributed by atoms with E-state index in [2.05, 4.69) is 17.2 Å². The molecule has 1 aliphatic rings. The lowest BCUT2D eigenvalue weighted by atomic mass is 9.85. The summed E-state index contributed by atoms with van der Waals surface area (Å²) >= 11 is 0.